The van der Waals surface area contributed by atoms with E-state index >= 15 is 4.79 Å². The number of unbranched alkanes of at least 4 members (excludes halogenated alkanes) is 1. The van der Waals surface area contributed by atoms with E-state index in [-0.39, 0.29) is 68.1 Å². The van der Waals surface area contributed by atoms with Gasteiger partial charge in [-0.2, -0.15) is 5.26 Å². The van der Waals surface area contributed by atoms with Gasteiger partial charge in [0, 0.05) is 34.0 Å². The van der Waals surface area contributed by atoms with Gasteiger partial charge in [0.1, 0.15) is 24.2 Å². The molecule has 3 fully saturated rings. The summed E-state index contributed by atoms with van der Waals surface area (Å²) in [7, 11) is 4.58. The number of amides is 5. The van der Waals surface area contributed by atoms with Crippen molar-refractivity contribution in [2.75, 3.05) is 21.1 Å². The van der Waals surface area contributed by atoms with Gasteiger partial charge in [-0.05, 0) is 68.6 Å². The molecule has 0 aromatic heterocycles. The molecule has 1 heterocycles. The van der Waals surface area contributed by atoms with Crippen molar-refractivity contribution < 1.29 is 38.3 Å². The van der Waals surface area contributed by atoms with Crippen LogP contribution in [0.4, 0.5) is 0 Å². The summed E-state index contributed by atoms with van der Waals surface area (Å²) in [6.07, 6.45) is 11.5. The lowest BCUT2D eigenvalue weighted by Gasteiger charge is -2.44. The number of hydrogen-bond acceptors (Lipinski definition) is 10. The molecule has 8 atom stereocenters. The number of nitriles is 1. The first-order chi connectivity index (χ1) is 30.3. The van der Waals surface area contributed by atoms with E-state index < -0.39 is 77.5 Å². The van der Waals surface area contributed by atoms with E-state index in [0.717, 1.165) is 77.0 Å². The highest BCUT2D eigenvalue weighted by atomic mass is 16.5. The molecule has 15 heteroatoms. The number of rotatable bonds is 16. The number of esters is 1. The minimum absolute atomic E-state index is 0.0273. The molecule has 2 aliphatic carbocycles. The van der Waals surface area contributed by atoms with Gasteiger partial charge in [-0.3, -0.25) is 34.1 Å². The van der Waals surface area contributed by atoms with E-state index in [1.807, 2.05) is 40.7 Å². The molecule has 0 radical (unpaired) electrons. The Morgan fingerprint density at radius 1 is 0.766 bits per heavy atom. The van der Waals surface area contributed by atoms with E-state index in [1.54, 1.807) is 7.05 Å². The van der Waals surface area contributed by atoms with Crippen LogP contribution in [0.3, 0.4) is 0 Å². The zero-order chi connectivity index (χ0) is 47.7. The molecule has 0 bridgehead atoms. The monoisotopic (exact) mass is 898 g/mol. The highest BCUT2D eigenvalue weighted by molar-refractivity contribution is 5.96. The largest absolute Gasteiger partial charge is 0.451 e. The molecule has 1 saturated heterocycles. The maximum atomic E-state index is 15.1. The number of carbonyl (C=O) groups is 7. The Morgan fingerprint density at radius 2 is 1.34 bits per heavy atom. The lowest BCUT2D eigenvalue weighted by Crippen LogP contribution is -2.69. The summed E-state index contributed by atoms with van der Waals surface area (Å²) in [5, 5.41) is 18.8. The van der Waals surface area contributed by atoms with E-state index in [0.29, 0.717) is 12.7 Å². The highest BCUT2D eigenvalue weighted by Crippen LogP contribution is 2.32. The van der Waals surface area contributed by atoms with Gasteiger partial charge in [0.25, 0.3) is 5.91 Å². The number of nitrogens with zero attached hydrogens (tertiary/aromatic N) is 4. The maximum Gasteiger partial charge on any atom is 0.329 e. The molecule has 0 spiro atoms. The third-order valence-electron chi connectivity index (χ3n) is 14.0. The molecule has 2 unspecified atom stereocenters. The Kier molecular flexibility index (Phi) is 22.2. The Bertz CT molecular complexity index is 1600. The lowest BCUT2D eigenvalue weighted by atomic mass is 9.84. The first kappa shape index (κ1) is 54.3. The molecule has 0 aromatic rings. The fourth-order valence-corrected chi connectivity index (χ4v) is 9.98. The van der Waals surface area contributed by atoms with Crippen LogP contribution >= 0.6 is 0 Å². The van der Waals surface area contributed by atoms with Gasteiger partial charge < -0.3 is 30.1 Å². The molecular weight excluding hydrogens is 815 g/mol. The Morgan fingerprint density at radius 3 is 1.91 bits per heavy atom. The molecule has 362 valence electrons. The van der Waals surface area contributed by atoms with Crippen LogP contribution in [0.15, 0.2) is 0 Å². The summed E-state index contributed by atoms with van der Waals surface area (Å²) in [6.45, 7) is 13.4. The molecule has 15 nitrogen and oxygen atoms in total. The first-order valence-electron chi connectivity index (χ1n) is 24.5. The number of hydrogen-bond donors (Lipinski definition) is 3. The molecule has 2 saturated carbocycles. The van der Waals surface area contributed by atoms with Gasteiger partial charge in [0.15, 0.2) is 18.1 Å². The van der Waals surface area contributed by atoms with Crippen LogP contribution in [-0.4, -0.2) is 120 Å². The third-order valence-corrected chi connectivity index (χ3v) is 14.0. The van der Waals surface area contributed by atoms with Crippen molar-refractivity contribution in [2.24, 2.45) is 29.6 Å². The van der Waals surface area contributed by atoms with E-state index in [2.05, 4.69) is 22.9 Å². The van der Waals surface area contributed by atoms with Crippen LogP contribution in [-0.2, 0) is 38.3 Å². The molecule has 64 heavy (non-hydrogen) atoms. The zero-order valence-electron chi connectivity index (χ0n) is 40.9. The van der Waals surface area contributed by atoms with Gasteiger partial charge in [0.2, 0.25) is 23.6 Å². The maximum absolute atomic E-state index is 15.1. The minimum Gasteiger partial charge on any atom is -0.451 e. The third kappa shape index (κ3) is 15.5. The summed E-state index contributed by atoms with van der Waals surface area (Å²) in [5.41, 5.74) is -1.71. The van der Waals surface area contributed by atoms with Gasteiger partial charge in [-0.15, -0.1) is 0 Å². The summed E-state index contributed by atoms with van der Waals surface area (Å²) < 4.78 is 5.82. The topological polar surface area (TPSA) is 198 Å². The van der Waals surface area contributed by atoms with Crippen LogP contribution in [0.2, 0.25) is 0 Å². The van der Waals surface area contributed by atoms with E-state index in [9.17, 15) is 34.0 Å². The number of nitrogens with one attached hydrogen (secondary N) is 3. The fourth-order valence-electron chi connectivity index (χ4n) is 9.98. The molecule has 5 amide bonds. The summed E-state index contributed by atoms with van der Waals surface area (Å²) in [6, 6.07) is -3.34. The van der Waals surface area contributed by atoms with Crippen molar-refractivity contribution in [1.29, 1.82) is 5.26 Å². The Labute approximate surface area is 384 Å². The Balaban J connectivity index is 2.28. The van der Waals surface area contributed by atoms with Gasteiger partial charge in [-0.25, -0.2) is 4.79 Å². The van der Waals surface area contributed by atoms with Crippen LogP contribution < -0.4 is 16.0 Å². The Hall–Kier alpha value is -4.06. The van der Waals surface area contributed by atoms with Gasteiger partial charge in [0.05, 0.1) is 12.1 Å². The predicted octanol–water partition coefficient (Wildman–Crippen LogP) is 6.03. The normalized spacial score (nSPS) is 28.8. The number of carbonyl (C=O) groups excluding carboxylic acids is 7. The SMILES string of the molecule is CCCC[C@@H](C)C[C@@H]1NC(=O)[C@H](CC2CCCCC2)N(C)C(=O)[C@H](CC(C)C)NC(C=O)(CC(C)C)N(C)C(=O)C(CC2CCCC2)NC(=O)[C@@H](CCC#N)OC(=O)[C@H](C)N(C)C1=O. The molecule has 1 aliphatic heterocycles. The second-order valence-corrected chi connectivity index (χ2v) is 20.3. The van der Waals surface area contributed by atoms with Crippen molar-refractivity contribution in [3.8, 4) is 6.07 Å². The molecular formula is C49H83N7O8. The van der Waals surface area contributed by atoms with Crippen molar-refractivity contribution in [2.45, 2.75) is 212 Å². The van der Waals surface area contributed by atoms with Crippen LogP contribution in [0.1, 0.15) is 170 Å². The van der Waals surface area contributed by atoms with E-state index in [4.69, 9.17) is 4.74 Å². The zero-order valence-corrected chi connectivity index (χ0v) is 40.9. The second-order valence-electron chi connectivity index (χ2n) is 20.3. The van der Waals surface area contributed by atoms with Crippen LogP contribution in [0, 0.1) is 40.9 Å². The average molecular weight is 898 g/mol. The van der Waals surface area contributed by atoms with Crippen molar-refractivity contribution in [3.05, 3.63) is 0 Å². The van der Waals surface area contributed by atoms with Gasteiger partial charge in [-0.1, -0.05) is 119 Å². The van der Waals surface area contributed by atoms with Crippen LogP contribution in [0.25, 0.3) is 0 Å². The highest BCUT2D eigenvalue weighted by Gasteiger charge is 2.46. The predicted molar refractivity (Wildman–Crippen MR) is 246 cm³/mol. The number of aldehydes is 1. The fraction of sp³-hybridized carbons (Fsp3) is 0.837. The quantitative estimate of drug-likeness (QED) is 0.122. The standard InChI is InChI=1S/C49H83N7O8/c1-11-12-19-34(6)27-38-45(60)54(8)35(7)48(63)64-42(24-18-25-50)44(59)52-39(28-36-22-16-17-23-36)47(62)56(10)49(31-57,30-33(4)5)53-40(26-32(2)3)46(61)55(9)41(43(58)51-38)29-37-20-14-13-15-21-37/h31-42,53H,11-24,26-30H2,1-10H3,(H,51,58)(H,52,59)/t34-,35+,38+,39?,40+,41+,42-,49?/m1/s1. The van der Waals surface area contributed by atoms with Crippen molar-refractivity contribution in [1.82, 2.24) is 30.7 Å². The molecule has 0 aromatic carbocycles. The number of cyclic esters (lactones) is 1. The summed E-state index contributed by atoms with van der Waals surface area (Å²) in [4.78, 5) is 105. The molecule has 3 aliphatic rings. The minimum atomic E-state index is -1.71. The number of ether oxygens (including phenoxy) is 1. The summed E-state index contributed by atoms with van der Waals surface area (Å²) >= 11 is 0. The van der Waals surface area contributed by atoms with Gasteiger partial charge >= 0.3 is 5.97 Å². The average Bonchev–Trinajstić information content (AvgIpc) is 3.78. The molecule has 3 rings (SSSR count). The lowest BCUT2D eigenvalue weighted by molar-refractivity contribution is -0.164. The van der Waals surface area contributed by atoms with E-state index in [1.165, 1.54) is 35.7 Å². The smallest absolute Gasteiger partial charge is 0.329 e. The number of likely N-dealkylation sites (N-methyl/N-ethyl adjacent to an activating group) is 3. The second kappa shape index (κ2) is 26.2. The van der Waals surface area contributed by atoms with Crippen LogP contribution in [0.5, 0.6) is 0 Å². The summed E-state index contributed by atoms with van der Waals surface area (Å²) in [5.74, 6) is -3.52. The van der Waals surface area contributed by atoms with Crippen molar-refractivity contribution >= 4 is 41.8 Å². The first-order valence-corrected chi connectivity index (χ1v) is 24.5. The molecule has 3 N–H and O–H groups in total. The van der Waals surface area contributed by atoms with Crippen molar-refractivity contribution in [3.63, 3.8) is 0 Å².